The number of aromatic hydroxyl groups is 1. The fourth-order valence-corrected chi connectivity index (χ4v) is 1.25. The van der Waals surface area contributed by atoms with Gasteiger partial charge in [0, 0.05) is 11.6 Å². The second-order valence-electron chi connectivity index (χ2n) is 3.13. The van der Waals surface area contributed by atoms with Crippen LogP contribution in [0.25, 0.3) is 0 Å². The molecule has 0 aliphatic heterocycles. The lowest BCUT2D eigenvalue weighted by Crippen LogP contribution is -2.15. The van der Waals surface area contributed by atoms with Crippen molar-refractivity contribution in [3.05, 3.63) is 23.8 Å². The average Bonchev–Trinajstić information content (AvgIpc) is 2.17. The minimum atomic E-state index is -1.01. The van der Waals surface area contributed by atoms with E-state index in [-0.39, 0.29) is 12.2 Å². The number of benzene rings is 1. The van der Waals surface area contributed by atoms with Crippen LogP contribution >= 0.6 is 0 Å². The summed E-state index contributed by atoms with van der Waals surface area (Å²) in [5.74, 6) is -0.502. The molecule has 0 heterocycles. The highest BCUT2D eigenvalue weighted by atomic mass is 16.5. The van der Waals surface area contributed by atoms with Gasteiger partial charge in [0.25, 0.3) is 0 Å². The molecule has 0 fully saturated rings. The van der Waals surface area contributed by atoms with E-state index in [2.05, 4.69) is 0 Å². The molecular weight excluding hydrogens is 198 g/mol. The zero-order valence-corrected chi connectivity index (χ0v) is 8.30. The van der Waals surface area contributed by atoms with Gasteiger partial charge < -0.3 is 20.7 Å². The largest absolute Gasteiger partial charge is 0.508 e. The number of phenols is 1. The molecule has 0 aliphatic rings. The first-order chi connectivity index (χ1) is 7.04. The van der Waals surface area contributed by atoms with Crippen molar-refractivity contribution in [2.24, 2.45) is 5.73 Å². The van der Waals surface area contributed by atoms with Gasteiger partial charge >= 0.3 is 5.97 Å². The van der Waals surface area contributed by atoms with Crippen molar-refractivity contribution in [1.82, 2.24) is 0 Å². The topological polar surface area (TPSA) is 92.8 Å². The number of carbonyl (C=O) groups is 1. The lowest BCUT2D eigenvalue weighted by Gasteiger charge is -2.12. The molecule has 15 heavy (non-hydrogen) atoms. The summed E-state index contributed by atoms with van der Waals surface area (Å²) in [4.78, 5) is 10.5. The van der Waals surface area contributed by atoms with Crippen molar-refractivity contribution in [2.75, 3.05) is 7.11 Å². The maximum Gasteiger partial charge on any atom is 0.305 e. The third-order valence-electron chi connectivity index (χ3n) is 2.03. The van der Waals surface area contributed by atoms with E-state index in [4.69, 9.17) is 15.6 Å². The Morgan fingerprint density at radius 3 is 2.80 bits per heavy atom. The van der Waals surface area contributed by atoms with Crippen LogP contribution < -0.4 is 10.5 Å². The minimum Gasteiger partial charge on any atom is -0.508 e. The molecule has 0 saturated heterocycles. The molecule has 1 aromatic rings. The van der Waals surface area contributed by atoms with Crippen LogP contribution in [0.1, 0.15) is 18.0 Å². The summed E-state index contributed by atoms with van der Waals surface area (Å²) < 4.78 is 4.95. The van der Waals surface area contributed by atoms with E-state index < -0.39 is 12.0 Å². The van der Waals surface area contributed by atoms with Gasteiger partial charge in [-0.2, -0.15) is 0 Å². The van der Waals surface area contributed by atoms with Gasteiger partial charge in [0.2, 0.25) is 0 Å². The fraction of sp³-hybridized carbons (Fsp3) is 0.300. The molecule has 0 radical (unpaired) electrons. The number of hydrogen-bond donors (Lipinski definition) is 3. The number of rotatable bonds is 4. The number of nitrogens with two attached hydrogens (primary N) is 1. The number of carboxylic acids is 1. The normalized spacial score (nSPS) is 12.1. The third kappa shape index (κ3) is 2.85. The molecule has 5 heteroatoms. The Kier molecular flexibility index (Phi) is 3.51. The van der Waals surface area contributed by atoms with Crippen LogP contribution in [0.15, 0.2) is 18.2 Å². The Bertz CT molecular complexity index is 364. The van der Waals surface area contributed by atoms with Crippen LogP contribution in [0.4, 0.5) is 0 Å². The number of phenolic OH excluding ortho intramolecular Hbond substituents is 1. The first-order valence-electron chi connectivity index (χ1n) is 4.39. The smallest absolute Gasteiger partial charge is 0.305 e. The van der Waals surface area contributed by atoms with Gasteiger partial charge in [-0.3, -0.25) is 4.79 Å². The molecule has 4 N–H and O–H groups in total. The van der Waals surface area contributed by atoms with Gasteiger partial charge in [-0.25, -0.2) is 0 Å². The van der Waals surface area contributed by atoms with Gasteiger partial charge in [0.1, 0.15) is 11.5 Å². The van der Waals surface area contributed by atoms with Crippen LogP contribution in [0.2, 0.25) is 0 Å². The predicted octanol–water partition coefficient (Wildman–Crippen LogP) is 0.875. The number of aliphatic carboxylic acids is 1. The van der Waals surface area contributed by atoms with Crippen LogP contribution in [-0.2, 0) is 4.79 Å². The Hall–Kier alpha value is -1.75. The summed E-state index contributed by atoms with van der Waals surface area (Å²) in [6.45, 7) is 0. The molecule has 0 amide bonds. The Morgan fingerprint density at radius 2 is 2.27 bits per heavy atom. The van der Waals surface area contributed by atoms with E-state index in [1.54, 1.807) is 6.07 Å². The van der Waals surface area contributed by atoms with Gasteiger partial charge in [0.15, 0.2) is 0 Å². The summed E-state index contributed by atoms with van der Waals surface area (Å²) in [5.41, 5.74) is 6.00. The van der Waals surface area contributed by atoms with E-state index >= 15 is 0 Å². The quantitative estimate of drug-likeness (QED) is 0.687. The summed E-state index contributed by atoms with van der Waals surface area (Å²) in [6.07, 6.45) is -0.235. The molecule has 1 atom stereocenters. The van der Waals surface area contributed by atoms with Crippen molar-refractivity contribution in [3.63, 3.8) is 0 Å². The highest BCUT2D eigenvalue weighted by Crippen LogP contribution is 2.28. The predicted molar refractivity (Wildman–Crippen MR) is 53.8 cm³/mol. The molecule has 5 nitrogen and oxygen atoms in total. The number of methoxy groups -OCH3 is 1. The average molecular weight is 211 g/mol. The standard InChI is InChI=1S/C10H13NO4/c1-15-6-2-3-9(12)7(4-6)8(11)5-10(13)14/h2-4,8,12H,5,11H2,1H3,(H,13,14). The number of hydrogen-bond acceptors (Lipinski definition) is 4. The maximum atomic E-state index is 10.5. The lowest BCUT2D eigenvalue weighted by molar-refractivity contribution is -0.137. The van der Waals surface area contributed by atoms with Crippen molar-refractivity contribution in [3.8, 4) is 11.5 Å². The lowest BCUT2D eigenvalue weighted by atomic mass is 10.0. The van der Waals surface area contributed by atoms with Gasteiger partial charge in [-0.1, -0.05) is 0 Å². The molecule has 82 valence electrons. The molecule has 0 bridgehead atoms. The Balaban J connectivity index is 2.95. The van der Waals surface area contributed by atoms with E-state index in [0.29, 0.717) is 11.3 Å². The molecule has 0 aliphatic carbocycles. The Labute approximate surface area is 87.1 Å². The monoisotopic (exact) mass is 211 g/mol. The summed E-state index contributed by atoms with van der Waals surface area (Å²) in [7, 11) is 1.49. The van der Waals surface area contributed by atoms with E-state index in [0.717, 1.165) is 0 Å². The van der Waals surface area contributed by atoms with Gasteiger partial charge in [-0.15, -0.1) is 0 Å². The number of carboxylic acid groups (broad SMARTS) is 1. The molecular formula is C10H13NO4. The molecule has 1 rings (SSSR count). The number of ether oxygens (including phenoxy) is 1. The third-order valence-corrected chi connectivity index (χ3v) is 2.03. The maximum absolute atomic E-state index is 10.5. The molecule has 0 spiro atoms. The summed E-state index contributed by atoms with van der Waals surface area (Å²) in [5, 5.41) is 18.1. The molecule has 1 unspecified atom stereocenters. The van der Waals surface area contributed by atoms with Crippen LogP contribution in [0.3, 0.4) is 0 Å². The zero-order chi connectivity index (χ0) is 11.4. The van der Waals surface area contributed by atoms with E-state index in [1.807, 2.05) is 0 Å². The molecule has 0 aromatic heterocycles. The van der Waals surface area contributed by atoms with Gasteiger partial charge in [-0.05, 0) is 18.2 Å². The molecule has 1 aromatic carbocycles. The van der Waals surface area contributed by atoms with Crippen molar-refractivity contribution >= 4 is 5.97 Å². The first-order valence-corrected chi connectivity index (χ1v) is 4.39. The highest BCUT2D eigenvalue weighted by molar-refractivity contribution is 5.68. The zero-order valence-electron chi connectivity index (χ0n) is 8.30. The minimum absolute atomic E-state index is 0.0236. The molecule has 0 saturated carbocycles. The van der Waals surface area contributed by atoms with Crippen molar-refractivity contribution < 1.29 is 19.7 Å². The second-order valence-corrected chi connectivity index (χ2v) is 3.13. The Morgan fingerprint density at radius 1 is 1.60 bits per heavy atom. The van der Waals surface area contributed by atoms with Crippen molar-refractivity contribution in [1.29, 1.82) is 0 Å². The van der Waals surface area contributed by atoms with Crippen LogP contribution in [-0.4, -0.2) is 23.3 Å². The summed E-state index contributed by atoms with van der Waals surface area (Å²) in [6, 6.07) is 3.79. The van der Waals surface area contributed by atoms with E-state index in [1.165, 1.54) is 19.2 Å². The van der Waals surface area contributed by atoms with Crippen LogP contribution in [0.5, 0.6) is 11.5 Å². The highest BCUT2D eigenvalue weighted by Gasteiger charge is 2.15. The van der Waals surface area contributed by atoms with Crippen LogP contribution in [0, 0.1) is 0 Å². The van der Waals surface area contributed by atoms with Crippen molar-refractivity contribution in [2.45, 2.75) is 12.5 Å². The fourth-order valence-electron chi connectivity index (χ4n) is 1.25. The summed E-state index contributed by atoms with van der Waals surface area (Å²) >= 11 is 0. The van der Waals surface area contributed by atoms with Gasteiger partial charge in [0.05, 0.1) is 13.5 Å². The van der Waals surface area contributed by atoms with E-state index in [9.17, 15) is 9.90 Å². The second kappa shape index (κ2) is 4.65. The first kappa shape index (κ1) is 11.3. The SMILES string of the molecule is COc1ccc(O)c(C(N)CC(=O)O)c1.